The molecule has 1 rings (SSSR count). The number of hydrogen-bond donors (Lipinski definition) is 3. The molecule has 16 heavy (non-hydrogen) atoms. The minimum atomic E-state index is -0.410. The topological polar surface area (TPSA) is 88.0 Å². The molecule has 0 radical (unpaired) electrons. The average molecular weight is 223 g/mol. The van der Waals surface area contributed by atoms with E-state index in [9.17, 15) is 9.59 Å². The summed E-state index contributed by atoms with van der Waals surface area (Å²) >= 11 is 0. The fourth-order valence-electron chi connectivity index (χ4n) is 1.18. The summed E-state index contributed by atoms with van der Waals surface area (Å²) in [5.74, 6) is -0.231. The van der Waals surface area contributed by atoms with E-state index in [1.54, 1.807) is 0 Å². The highest BCUT2D eigenvalue weighted by molar-refractivity contribution is 5.94. The number of amides is 1. The second kappa shape index (κ2) is 4.94. The summed E-state index contributed by atoms with van der Waals surface area (Å²) in [7, 11) is 0. The smallest absolute Gasteiger partial charge is 0.253 e. The molecule has 0 fully saturated rings. The Morgan fingerprint density at radius 1 is 1.56 bits per heavy atom. The first kappa shape index (κ1) is 12.4. The molecule has 1 atom stereocenters. The molecule has 0 bridgehead atoms. The predicted molar refractivity (Wildman–Crippen MR) is 62.3 cm³/mol. The van der Waals surface area contributed by atoms with Gasteiger partial charge in [-0.2, -0.15) is 0 Å². The van der Waals surface area contributed by atoms with Gasteiger partial charge in [-0.3, -0.25) is 9.59 Å². The van der Waals surface area contributed by atoms with E-state index in [1.165, 1.54) is 18.3 Å². The molecule has 1 unspecified atom stereocenters. The van der Waals surface area contributed by atoms with Crippen molar-refractivity contribution in [3.8, 4) is 0 Å². The molecule has 4 N–H and O–H groups in total. The lowest BCUT2D eigenvalue weighted by Gasteiger charge is -2.27. The van der Waals surface area contributed by atoms with Gasteiger partial charge in [-0.05, 0) is 19.4 Å². The van der Waals surface area contributed by atoms with Crippen LogP contribution < -0.4 is 16.6 Å². The van der Waals surface area contributed by atoms with Crippen LogP contribution in [0.25, 0.3) is 0 Å². The van der Waals surface area contributed by atoms with E-state index in [1.807, 2.05) is 13.8 Å². The number of aromatic amines is 1. The molecule has 5 heteroatoms. The third-order valence-corrected chi connectivity index (χ3v) is 2.69. The minimum Gasteiger partial charge on any atom is -0.346 e. The number of rotatable bonds is 4. The number of aromatic nitrogens is 1. The number of nitrogens with two attached hydrogens (primary N) is 1. The highest BCUT2D eigenvalue weighted by Gasteiger charge is 2.22. The van der Waals surface area contributed by atoms with Gasteiger partial charge in [-0.25, -0.2) is 0 Å². The van der Waals surface area contributed by atoms with Crippen molar-refractivity contribution in [1.82, 2.24) is 10.3 Å². The zero-order valence-corrected chi connectivity index (χ0v) is 9.54. The average Bonchev–Trinajstić information content (AvgIpc) is 2.29. The number of H-pyrrole nitrogens is 1. The van der Waals surface area contributed by atoms with Crippen LogP contribution in [-0.4, -0.2) is 23.0 Å². The summed E-state index contributed by atoms with van der Waals surface area (Å²) in [5.41, 5.74) is 5.38. The van der Waals surface area contributed by atoms with E-state index in [4.69, 9.17) is 5.73 Å². The van der Waals surface area contributed by atoms with Crippen LogP contribution in [0.2, 0.25) is 0 Å². The molecule has 0 aliphatic heterocycles. The summed E-state index contributed by atoms with van der Waals surface area (Å²) in [5, 5.41) is 2.84. The van der Waals surface area contributed by atoms with E-state index in [-0.39, 0.29) is 11.5 Å². The van der Waals surface area contributed by atoms with Crippen LogP contribution in [0.5, 0.6) is 0 Å². The molecule has 0 spiro atoms. The van der Waals surface area contributed by atoms with Crippen LogP contribution in [0.15, 0.2) is 23.1 Å². The first-order chi connectivity index (χ1) is 7.50. The molecule has 0 saturated carbocycles. The van der Waals surface area contributed by atoms with Gasteiger partial charge >= 0.3 is 0 Å². The van der Waals surface area contributed by atoms with Gasteiger partial charge in [-0.1, -0.05) is 6.92 Å². The molecular formula is C11H17N3O2. The monoisotopic (exact) mass is 223 g/mol. The maximum atomic E-state index is 11.8. The highest BCUT2D eigenvalue weighted by atomic mass is 16.2. The summed E-state index contributed by atoms with van der Waals surface area (Å²) in [4.78, 5) is 25.1. The molecule has 0 aromatic carbocycles. The Labute approximate surface area is 94.1 Å². The molecule has 0 aliphatic rings. The summed E-state index contributed by atoms with van der Waals surface area (Å²) in [6, 6.07) is 2.81. The van der Waals surface area contributed by atoms with Crippen LogP contribution in [0.4, 0.5) is 0 Å². The van der Waals surface area contributed by atoms with Crippen molar-refractivity contribution in [2.24, 2.45) is 5.73 Å². The van der Waals surface area contributed by atoms with E-state index in [2.05, 4.69) is 10.3 Å². The van der Waals surface area contributed by atoms with Crippen molar-refractivity contribution in [3.63, 3.8) is 0 Å². The van der Waals surface area contributed by atoms with Crippen LogP contribution in [0.3, 0.4) is 0 Å². The Balaban J connectivity index is 2.80. The van der Waals surface area contributed by atoms with Crippen molar-refractivity contribution < 1.29 is 4.79 Å². The summed E-state index contributed by atoms with van der Waals surface area (Å²) < 4.78 is 0. The van der Waals surface area contributed by atoms with Gasteiger partial charge in [-0.15, -0.1) is 0 Å². The fraction of sp³-hybridized carbons (Fsp3) is 0.455. The van der Waals surface area contributed by atoms with Crippen molar-refractivity contribution in [1.29, 1.82) is 0 Å². The number of carbonyl (C=O) groups excluding carboxylic acids is 1. The quantitative estimate of drug-likeness (QED) is 0.682. The second-order valence-electron chi connectivity index (χ2n) is 4.01. The molecule has 0 saturated heterocycles. The Kier molecular flexibility index (Phi) is 3.84. The molecule has 1 aromatic heterocycles. The zero-order valence-electron chi connectivity index (χ0n) is 9.54. The van der Waals surface area contributed by atoms with Crippen molar-refractivity contribution in [3.05, 3.63) is 34.2 Å². The highest BCUT2D eigenvalue weighted by Crippen LogP contribution is 2.08. The normalized spacial score (nSPS) is 14.2. The predicted octanol–water partition coefficient (Wildman–Crippen LogP) is 0.232. The first-order valence-electron chi connectivity index (χ1n) is 5.22. The molecule has 1 heterocycles. The lowest BCUT2D eigenvalue weighted by atomic mass is 9.99. The lowest BCUT2D eigenvalue weighted by Crippen LogP contribution is -2.50. The van der Waals surface area contributed by atoms with Gasteiger partial charge in [0.15, 0.2) is 0 Å². The summed E-state index contributed by atoms with van der Waals surface area (Å²) in [6.07, 6.45) is 2.14. The Morgan fingerprint density at radius 2 is 2.25 bits per heavy atom. The molecular weight excluding hydrogens is 206 g/mol. The van der Waals surface area contributed by atoms with Crippen LogP contribution in [0.1, 0.15) is 30.6 Å². The third kappa shape index (κ3) is 2.93. The minimum absolute atomic E-state index is 0.228. The van der Waals surface area contributed by atoms with E-state index in [0.29, 0.717) is 12.1 Å². The number of nitrogens with one attached hydrogen (secondary N) is 2. The first-order valence-corrected chi connectivity index (χ1v) is 5.22. The standard InChI is InChI=1S/C11H17N3O2/c1-3-11(2,7-12)14-10(16)8-4-5-9(15)13-6-8/h4-6H,3,7,12H2,1-2H3,(H,13,15)(H,14,16). The number of carbonyl (C=O) groups is 1. The third-order valence-electron chi connectivity index (χ3n) is 2.69. The van der Waals surface area contributed by atoms with E-state index in [0.717, 1.165) is 6.42 Å². The SMILES string of the molecule is CCC(C)(CN)NC(=O)c1ccc(=O)[nH]c1. The van der Waals surface area contributed by atoms with Gasteiger partial charge in [0.25, 0.3) is 5.91 Å². The Morgan fingerprint density at radius 3 is 2.69 bits per heavy atom. The van der Waals surface area contributed by atoms with Crippen LogP contribution in [0, 0.1) is 0 Å². The van der Waals surface area contributed by atoms with E-state index < -0.39 is 5.54 Å². The van der Waals surface area contributed by atoms with E-state index >= 15 is 0 Å². The molecule has 88 valence electrons. The van der Waals surface area contributed by atoms with Gasteiger partial charge in [0.2, 0.25) is 5.56 Å². The van der Waals surface area contributed by atoms with Gasteiger partial charge < -0.3 is 16.0 Å². The van der Waals surface area contributed by atoms with Crippen molar-refractivity contribution in [2.75, 3.05) is 6.54 Å². The van der Waals surface area contributed by atoms with Gasteiger partial charge in [0, 0.05) is 24.3 Å². The van der Waals surface area contributed by atoms with Crippen LogP contribution >= 0.6 is 0 Å². The molecule has 0 aliphatic carbocycles. The largest absolute Gasteiger partial charge is 0.346 e. The number of pyridine rings is 1. The summed E-state index contributed by atoms with van der Waals surface area (Å²) in [6.45, 7) is 4.22. The fourth-order valence-corrected chi connectivity index (χ4v) is 1.18. The van der Waals surface area contributed by atoms with Gasteiger partial charge in [0.1, 0.15) is 0 Å². The Hall–Kier alpha value is -1.62. The maximum absolute atomic E-state index is 11.8. The maximum Gasteiger partial charge on any atom is 0.253 e. The second-order valence-corrected chi connectivity index (χ2v) is 4.01. The zero-order chi connectivity index (χ0) is 12.2. The van der Waals surface area contributed by atoms with Gasteiger partial charge in [0.05, 0.1) is 5.56 Å². The van der Waals surface area contributed by atoms with Crippen LogP contribution in [-0.2, 0) is 0 Å². The Bertz CT molecular complexity index is 401. The van der Waals surface area contributed by atoms with Crippen molar-refractivity contribution in [2.45, 2.75) is 25.8 Å². The molecule has 5 nitrogen and oxygen atoms in total. The molecule has 1 aromatic rings. The molecule has 1 amide bonds. The van der Waals surface area contributed by atoms with Crippen molar-refractivity contribution >= 4 is 5.91 Å². The number of hydrogen-bond acceptors (Lipinski definition) is 3. The lowest BCUT2D eigenvalue weighted by molar-refractivity contribution is 0.0906.